The second kappa shape index (κ2) is 6.23. The number of ketones is 1. The van der Waals surface area contributed by atoms with E-state index in [0.717, 1.165) is 11.3 Å². The zero-order valence-corrected chi connectivity index (χ0v) is 13.2. The molecule has 3 rings (SSSR count). The number of aryl methyl sites for hydroxylation is 1. The van der Waals surface area contributed by atoms with Crippen LogP contribution in [0.25, 0.3) is 11.3 Å². The second-order valence-electron chi connectivity index (χ2n) is 5.29. The molecule has 114 valence electrons. The molecule has 0 aliphatic rings. The molecule has 1 aromatic heterocycles. The van der Waals surface area contributed by atoms with Crippen LogP contribution in [-0.2, 0) is 0 Å². The van der Waals surface area contributed by atoms with Gasteiger partial charge in [-0.25, -0.2) is 0 Å². The molecule has 0 bridgehead atoms. The number of benzene rings is 2. The van der Waals surface area contributed by atoms with E-state index in [1.165, 1.54) is 30.0 Å². The molecular weight excluding hydrogens is 310 g/mol. The largest absolute Gasteiger partial charge is 0.507 e. The van der Waals surface area contributed by atoms with E-state index in [-0.39, 0.29) is 17.1 Å². The summed E-state index contributed by atoms with van der Waals surface area (Å²) in [6.45, 7) is 2.02. The van der Waals surface area contributed by atoms with Crippen molar-refractivity contribution >= 4 is 17.4 Å². The first kappa shape index (κ1) is 15.3. The molecule has 2 aromatic carbocycles. The third kappa shape index (κ3) is 3.25. The van der Waals surface area contributed by atoms with Crippen LogP contribution in [0, 0.1) is 6.92 Å². The smallest absolute Gasteiger partial charge is 0.198 e. The number of carbonyl (C=O) groups excluding carboxylic acids is 1. The zero-order valence-electron chi connectivity index (χ0n) is 12.5. The van der Waals surface area contributed by atoms with Gasteiger partial charge in [0.05, 0.1) is 11.3 Å². The first-order chi connectivity index (χ1) is 11.0. The molecule has 0 atom stereocenters. The molecular formula is C19H14ClNO2. The summed E-state index contributed by atoms with van der Waals surface area (Å²) in [5.41, 5.74) is 3.52. The maximum absolute atomic E-state index is 12.5. The fourth-order valence-electron chi connectivity index (χ4n) is 2.27. The minimum absolute atomic E-state index is 0.0954. The molecule has 0 spiro atoms. The van der Waals surface area contributed by atoms with Crippen LogP contribution < -0.4 is 0 Å². The van der Waals surface area contributed by atoms with Crippen LogP contribution in [0.15, 0.2) is 60.8 Å². The van der Waals surface area contributed by atoms with Gasteiger partial charge in [-0.15, -0.1) is 0 Å². The average Bonchev–Trinajstić information content (AvgIpc) is 2.57. The normalized spacial score (nSPS) is 10.5. The number of aromatic nitrogens is 1. The quantitative estimate of drug-likeness (QED) is 0.714. The van der Waals surface area contributed by atoms with Gasteiger partial charge in [0, 0.05) is 22.3 Å². The van der Waals surface area contributed by atoms with E-state index in [1.807, 2.05) is 31.2 Å². The number of hydrogen-bond donors (Lipinski definition) is 1. The Kier molecular flexibility index (Phi) is 4.13. The van der Waals surface area contributed by atoms with Gasteiger partial charge in [-0.3, -0.25) is 9.78 Å². The number of halogens is 1. The molecule has 0 saturated carbocycles. The van der Waals surface area contributed by atoms with Crippen molar-refractivity contribution in [2.45, 2.75) is 6.92 Å². The van der Waals surface area contributed by atoms with Gasteiger partial charge in [0.2, 0.25) is 0 Å². The van der Waals surface area contributed by atoms with Crippen LogP contribution in [0.4, 0.5) is 0 Å². The number of rotatable bonds is 3. The molecule has 0 aliphatic heterocycles. The van der Waals surface area contributed by atoms with E-state index in [2.05, 4.69) is 4.98 Å². The Balaban J connectivity index is 1.91. The van der Waals surface area contributed by atoms with E-state index in [0.29, 0.717) is 10.6 Å². The minimum atomic E-state index is -0.312. The lowest BCUT2D eigenvalue weighted by Gasteiger charge is -2.06. The predicted molar refractivity (Wildman–Crippen MR) is 91.0 cm³/mol. The van der Waals surface area contributed by atoms with E-state index < -0.39 is 0 Å². The molecule has 23 heavy (non-hydrogen) atoms. The number of nitrogens with zero attached hydrogens (tertiary/aromatic N) is 1. The number of hydrogen-bond acceptors (Lipinski definition) is 3. The maximum Gasteiger partial charge on any atom is 0.198 e. The van der Waals surface area contributed by atoms with Gasteiger partial charge >= 0.3 is 0 Å². The molecule has 0 saturated heterocycles. The van der Waals surface area contributed by atoms with E-state index in [9.17, 15) is 9.90 Å². The number of carbonyl (C=O) groups is 1. The van der Waals surface area contributed by atoms with Crippen LogP contribution in [0.1, 0.15) is 21.5 Å². The van der Waals surface area contributed by atoms with Crippen LogP contribution >= 0.6 is 11.6 Å². The second-order valence-corrected chi connectivity index (χ2v) is 5.73. The molecule has 0 fully saturated rings. The Morgan fingerprint density at radius 2 is 1.78 bits per heavy atom. The Bertz CT molecular complexity index is 856. The van der Waals surface area contributed by atoms with Crippen LogP contribution in [-0.4, -0.2) is 15.9 Å². The Morgan fingerprint density at radius 3 is 2.43 bits per heavy atom. The average molecular weight is 324 g/mol. The fourth-order valence-corrected chi connectivity index (χ4v) is 2.44. The third-order valence-electron chi connectivity index (χ3n) is 3.58. The third-order valence-corrected chi connectivity index (χ3v) is 3.81. The molecule has 4 heteroatoms. The highest BCUT2D eigenvalue weighted by molar-refractivity contribution is 6.31. The summed E-state index contributed by atoms with van der Waals surface area (Å²) >= 11 is 5.89. The zero-order chi connectivity index (χ0) is 16.4. The summed E-state index contributed by atoms with van der Waals surface area (Å²) in [6, 6.07) is 15.9. The molecule has 1 N–H and O–H groups in total. The molecule has 1 heterocycles. The van der Waals surface area contributed by atoms with Gasteiger partial charge in [-0.2, -0.15) is 0 Å². The van der Waals surface area contributed by atoms with Crippen molar-refractivity contribution in [3.8, 4) is 17.0 Å². The SMILES string of the molecule is Cc1ccc(-c2ccc(C(=O)c3cc(Cl)ccc3O)cn2)cc1. The van der Waals surface area contributed by atoms with E-state index in [4.69, 9.17) is 11.6 Å². The molecule has 0 amide bonds. The monoisotopic (exact) mass is 323 g/mol. The van der Waals surface area contributed by atoms with Gasteiger partial charge in [-0.05, 0) is 37.3 Å². The van der Waals surface area contributed by atoms with Gasteiger partial charge in [0.25, 0.3) is 0 Å². The molecule has 3 nitrogen and oxygen atoms in total. The van der Waals surface area contributed by atoms with Crippen molar-refractivity contribution in [2.75, 3.05) is 0 Å². The Hall–Kier alpha value is -2.65. The van der Waals surface area contributed by atoms with Crippen molar-refractivity contribution in [2.24, 2.45) is 0 Å². The maximum atomic E-state index is 12.5. The van der Waals surface area contributed by atoms with E-state index in [1.54, 1.807) is 12.1 Å². The Labute approximate surface area is 139 Å². The summed E-state index contributed by atoms with van der Waals surface area (Å²) in [4.78, 5) is 16.8. The Morgan fingerprint density at radius 1 is 1.04 bits per heavy atom. The summed E-state index contributed by atoms with van der Waals surface area (Å²) in [5, 5.41) is 10.2. The van der Waals surface area contributed by atoms with Crippen molar-refractivity contribution in [1.82, 2.24) is 4.98 Å². The minimum Gasteiger partial charge on any atom is -0.507 e. The van der Waals surface area contributed by atoms with Crippen LogP contribution in [0.3, 0.4) is 0 Å². The highest BCUT2D eigenvalue weighted by atomic mass is 35.5. The van der Waals surface area contributed by atoms with Crippen molar-refractivity contribution in [3.63, 3.8) is 0 Å². The fraction of sp³-hybridized carbons (Fsp3) is 0.0526. The summed E-state index contributed by atoms with van der Waals surface area (Å²) in [7, 11) is 0. The molecule has 0 unspecified atom stereocenters. The lowest BCUT2D eigenvalue weighted by Crippen LogP contribution is -2.02. The summed E-state index contributed by atoms with van der Waals surface area (Å²) < 4.78 is 0. The van der Waals surface area contributed by atoms with Crippen LogP contribution in [0.2, 0.25) is 5.02 Å². The van der Waals surface area contributed by atoms with Gasteiger partial charge in [0.15, 0.2) is 5.78 Å². The predicted octanol–water partition coefficient (Wildman–Crippen LogP) is 4.65. The lowest BCUT2D eigenvalue weighted by molar-refractivity contribution is 0.103. The first-order valence-corrected chi connectivity index (χ1v) is 7.49. The number of phenols is 1. The summed E-state index contributed by atoms with van der Waals surface area (Å²) in [5.74, 6) is -0.407. The molecule has 0 aliphatic carbocycles. The number of aromatic hydroxyl groups is 1. The first-order valence-electron chi connectivity index (χ1n) is 7.11. The standard InChI is InChI=1S/C19H14ClNO2/c1-12-2-4-13(5-3-12)17-8-6-14(11-21-17)19(23)16-10-15(20)7-9-18(16)22/h2-11,22H,1H3. The van der Waals surface area contributed by atoms with Gasteiger partial charge < -0.3 is 5.11 Å². The van der Waals surface area contributed by atoms with E-state index >= 15 is 0 Å². The van der Waals surface area contributed by atoms with Gasteiger partial charge in [-0.1, -0.05) is 41.4 Å². The van der Waals surface area contributed by atoms with Crippen molar-refractivity contribution in [3.05, 3.63) is 82.5 Å². The number of pyridine rings is 1. The molecule has 3 aromatic rings. The number of phenolic OH excluding ortho intramolecular Hbond substituents is 1. The van der Waals surface area contributed by atoms with Crippen LogP contribution in [0.5, 0.6) is 5.75 Å². The highest BCUT2D eigenvalue weighted by Crippen LogP contribution is 2.25. The highest BCUT2D eigenvalue weighted by Gasteiger charge is 2.14. The summed E-state index contributed by atoms with van der Waals surface area (Å²) in [6.07, 6.45) is 1.51. The lowest BCUT2D eigenvalue weighted by atomic mass is 10.0. The molecule has 0 radical (unpaired) electrons. The van der Waals surface area contributed by atoms with Crippen molar-refractivity contribution in [1.29, 1.82) is 0 Å². The topological polar surface area (TPSA) is 50.2 Å². The van der Waals surface area contributed by atoms with Gasteiger partial charge in [0.1, 0.15) is 5.75 Å². The van der Waals surface area contributed by atoms with Crippen molar-refractivity contribution < 1.29 is 9.90 Å².